The van der Waals surface area contributed by atoms with Crippen LogP contribution in [-0.4, -0.2) is 18.6 Å². The number of fused-ring (bicyclic) bond motifs is 1. The van der Waals surface area contributed by atoms with E-state index in [1.807, 2.05) is 43.5 Å². The van der Waals surface area contributed by atoms with E-state index in [4.69, 9.17) is 16.3 Å². The summed E-state index contributed by atoms with van der Waals surface area (Å²) in [5.41, 5.74) is 5.19. The Bertz CT molecular complexity index is 930. The number of hydrogen-bond acceptors (Lipinski definition) is 3. The zero-order valence-corrected chi connectivity index (χ0v) is 16.3. The third kappa shape index (κ3) is 3.57. The fourth-order valence-corrected chi connectivity index (χ4v) is 3.71. The molecular weight excluding hydrogens is 371 g/mol. The molecule has 5 heteroatoms. The second kappa shape index (κ2) is 7.68. The van der Waals surface area contributed by atoms with Gasteiger partial charge < -0.3 is 4.74 Å². The molecule has 2 aromatic carbocycles. The van der Waals surface area contributed by atoms with E-state index in [-0.39, 0.29) is 12.2 Å². The van der Waals surface area contributed by atoms with Crippen molar-refractivity contribution in [1.29, 1.82) is 0 Å². The topological polar surface area (TPSA) is 26.3 Å². The van der Waals surface area contributed by atoms with Gasteiger partial charge in [0.15, 0.2) is 11.6 Å². The molecule has 1 aliphatic carbocycles. The van der Waals surface area contributed by atoms with Crippen LogP contribution in [0.15, 0.2) is 46.9 Å². The quantitative estimate of drug-likeness (QED) is 0.461. The molecule has 0 N–H and O–H groups in total. The van der Waals surface area contributed by atoms with Gasteiger partial charge in [-0.05, 0) is 88.5 Å². The maximum atomic E-state index is 14.3. The lowest BCUT2D eigenvalue weighted by Crippen LogP contribution is -1.95. The van der Waals surface area contributed by atoms with Gasteiger partial charge in [-0.25, -0.2) is 4.39 Å². The number of carbonyl (C=O) groups excluding carboxylic acids is 1. The van der Waals surface area contributed by atoms with Gasteiger partial charge in [0.2, 0.25) is 5.24 Å². The molecule has 0 aliphatic heterocycles. The number of halogens is 2. The van der Waals surface area contributed by atoms with Crippen LogP contribution in [0.2, 0.25) is 0 Å². The molecule has 0 saturated carbocycles. The molecule has 0 saturated heterocycles. The lowest BCUT2D eigenvalue weighted by Gasteiger charge is -2.09. The maximum absolute atomic E-state index is 14.3. The lowest BCUT2D eigenvalue weighted by atomic mass is 10.00. The Hall–Kier alpha value is -2.04. The zero-order chi connectivity index (χ0) is 18.8. The third-order valence-electron chi connectivity index (χ3n) is 4.51. The summed E-state index contributed by atoms with van der Waals surface area (Å²) in [4.78, 5) is 12.7. The van der Waals surface area contributed by atoms with Crippen LogP contribution in [0.1, 0.15) is 30.0 Å². The molecular formula is C21H18ClFO2S. The van der Waals surface area contributed by atoms with Gasteiger partial charge in [0.1, 0.15) is 0 Å². The number of ether oxygens (including phenoxy) is 1. The first-order valence-corrected chi connectivity index (χ1v) is 9.67. The van der Waals surface area contributed by atoms with Crippen molar-refractivity contribution < 1.29 is 13.9 Å². The summed E-state index contributed by atoms with van der Waals surface area (Å²) >= 11 is 7.31. The highest BCUT2D eigenvalue weighted by molar-refractivity contribution is 7.98. The molecule has 2 nitrogen and oxygen atoms in total. The maximum Gasteiger partial charge on any atom is 0.226 e. The Morgan fingerprint density at radius 2 is 1.92 bits per heavy atom. The van der Waals surface area contributed by atoms with E-state index in [1.54, 1.807) is 17.8 Å². The molecule has 0 spiro atoms. The summed E-state index contributed by atoms with van der Waals surface area (Å²) < 4.78 is 19.4. The SMILES string of the molecule is COc1cc2c(cc1F)/C(=C/c1ccc(SC)cc1)C(C)=C2CC(=O)Cl. The minimum atomic E-state index is -0.445. The van der Waals surface area contributed by atoms with Crippen molar-refractivity contribution in [2.45, 2.75) is 18.2 Å². The molecule has 0 aromatic heterocycles. The predicted molar refractivity (Wildman–Crippen MR) is 107 cm³/mol. The van der Waals surface area contributed by atoms with E-state index >= 15 is 0 Å². The molecule has 2 aromatic rings. The van der Waals surface area contributed by atoms with E-state index < -0.39 is 11.1 Å². The van der Waals surface area contributed by atoms with Crippen molar-refractivity contribution >= 4 is 45.8 Å². The van der Waals surface area contributed by atoms with Crippen LogP contribution in [-0.2, 0) is 4.79 Å². The van der Waals surface area contributed by atoms with Gasteiger partial charge in [0.05, 0.1) is 7.11 Å². The standard InChI is InChI=1S/C21H18ClFO2S/c1-12-15(8-13-4-6-14(26-3)7-5-13)17-9-19(23)20(25-2)10-18(17)16(12)11-21(22)24/h4-10H,11H2,1-3H3/b15-8+. The van der Waals surface area contributed by atoms with Crippen molar-refractivity contribution in [2.24, 2.45) is 0 Å². The molecule has 0 heterocycles. The average molecular weight is 389 g/mol. The minimum Gasteiger partial charge on any atom is -0.494 e. The lowest BCUT2D eigenvalue weighted by molar-refractivity contribution is -0.110. The number of hydrogen-bond donors (Lipinski definition) is 0. The van der Waals surface area contributed by atoms with Gasteiger partial charge in [-0.2, -0.15) is 0 Å². The second-order valence-electron chi connectivity index (χ2n) is 6.00. The summed E-state index contributed by atoms with van der Waals surface area (Å²) in [6.07, 6.45) is 4.13. The molecule has 0 amide bonds. The van der Waals surface area contributed by atoms with E-state index in [2.05, 4.69) is 0 Å². The van der Waals surface area contributed by atoms with Crippen molar-refractivity contribution in [1.82, 2.24) is 0 Å². The van der Waals surface area contributed by atoms with Gasteiger partial charge in [-0.15, -0.1) is 11.8 Å². The van der Waals surface area contributed by atoms with Gasteiger partial charge in [-0.1, -0.05) is 12.1 Å². The molecule has 0 radical (unpaired) electrons. The highest BCUT2D eigenvalue weighted by Gasteiger charge is 2.27. The highest BCUT2D eigenvalue weighted by atomic mass is 35.5. The number of thioether (sulfide) groups is 1. The van der Waals surface area contributed by atoms with Crippen LogP contribution >= 0.6 is 23.4 Å². The van der Waals surface area contributed by atoms with Gasteiger partial charge in [0, 0.05) is 11.3 Å². The van der Waals surface area contributed by atoms with Crippen molar-refractivity contribution in [3.63, 3.8) is 0 Å². The fourth-order valence-electron chi connectivity index (χ4n) is 3.17. The fraction of sp³-hybridized carbons (Fsp3) is 0.190. The van der Waals surface area contributed by atoms with Crippen molar-refractivity contribution in [3.8, 4) is 5.75 Å². The number of allylic oxidation sites excluding steroid dienone is 3. The Kier molecular flexibility index (Phi) is 5.54. The van der Waals surface area contributed by atoms with E-state index in [0.717, 1.165) is 33.4 Å². The average Bonchev–Trinajstić information content (AvgIpc) is 2.86. The molecule has 3 rings (SSSR count). The van der Waals surface area contributed by atoms with E-state index in [9.17, 15) is 9.18 Å². The van der Waals surface area contributed by atoms with E-state index in [1.165, 1.54) is 18.1 Å². The number of methoxy groups -OCH3 is 1. The monoisotopic (exact) mass is 388 g/mol. The number of carbonyl (C=O) groups is 1. The van der Waals surface area contributed by atoms with Crippen LogP contribution in [0.25, 0.3) is 17.2 Å². The predicted octanol–water partition coefficient (Wildman–Crippen LogP) is 6.04. The van der Waals surface area contributed by atoms with Crippen LogP contribution in [0, 0.1) is 5.82 Å². The zero-order valence-electron chi connectivity index (χ0n) is 14.7. The Morgan fingerprint density at radius 1 is 1.23 bits per heavy atom. The van der Waals surface area contributed by atoms with Crippen molar-refractivity contribution in [3.05, 3.63) is 64.5 Å². The largest absolute Gasteiger partial charge is 0.494 e. The Balaban J connectivity index is 2.16. The first-order valence-electron chi connectivity index (χ1n) is 8.07. The first-order chi connectivity index (χ1) is 12.4. The summed E-state index contributed by atoms with van der Waals surface area (Å²) in [5, 5.41) is -0.445. The normalized spacial score (nSPS) is 14.7. The van der Waals surface area contributed by atoms with Crippen LogP contribution < -0.4 is 4.74 Å². The van der Waals surface area contributed by atoms with Crippen LogP contribution in [0.3, 0.4) is 0 Å². The van der Waals surface area contributed by atoms with E-state index in [0.29, 0.717) is 0 Å². The summed E-state index contributed by atoms with van der Waals surface area (Å²) in [7, 11) is 1.42. The minimum absolute atomic E-state index is 0.0952. The first kappa shape index (κ1) is 18.7. The number of benzene rings is 2. The summed E-state index contributed by atoms with van der Waals surface area (Å²) in [5.74, 6) is -0.275. The third-order valence-corrected chi connectivity index (χ3v) is 5.38. The smallest absolute Gasteiger partial charge is 0.226 e. The van der Waals surface area contributed by atoms with Crippen molar-refractivity contribution in [2.75, 3.05) is 13.4 Å². The highest BCUT2D eigenvalue weighted by Crippen LogP contribution is 2.45. The van der Waals surface area contributed by atoms with Crippen LogP contribution in [0.4, 0.5) is 4.39 Å². The molecule has 0 unspecified atom stereocenters. The Labute approximate surface area is 161 Å². The molecule has 26 heavy (non-hydrogen) atoms. The summed E-state index contributed by atoms with van der Waals surface area (Å²) in [6, 6.07) is 11.2. The number of rotatable bonds is 5. The molecule has 1 aliphatic rings. The Morgan fingerprint density at radius 3 is 2.50 bits per heavy atom. The van der Waals surface area contributed by atoms with Gasteiger partial charge in [0.25, 0.3) is 0 Å². The molecule has 134 valence electrons. The van der Waals surface area contributed by atoms with Crippen LogP contribution in [0.5, 0.6) is 5.75 Å². The van der Waals surface area contributed by atoms with Gasteiger partial charge >= 0.3 is 0 Å². The molecule has 0 bridgehead atoms. The molecule has 0 fully saturated rings. The second-order valence-corrected chi connectivity index (χ2v) is 7.30. The summed E-state index contributed by atoms with van der Waals surface area (Å²) in [6.45, 7) is 1.93. The van der Waals surface area contributed by atoms with Gasteiger partial charge in [-0.3, -0.25) is 4.79 Å². The molecule has 0 atom stereocenters.